The van der Waals surface area contributed by atoms with Gasteiger partial charge in [-0.1, -0.05) is 12.1 Å². The van der Waals surface area contributed by atoms with Crippen LogP contribution in [0.25, 0.3) is 5.69 Å². The van der Waals surface area contributed by atoms with E-state index in [-0.39, 0.29) is 24.0 Å². The minimum absolute atomic E-state index is 0. The topological polar surface area (TPSA) is 57.5 Å². The van der Waals surface area contributed by atoms with E-state index in [1.54, 1.807) is 6.20 Å². The van der Waals surface area contributed by atoms with Crippen LogP contribution in [-0.4, -0.2) is 60.4 Å². The van der Waals surface area contributed by atoms with Crippen LogP contribution in [0.1, 0.15) is 18.9 Å². The van der Waals surface area contributed by atoms with Crippen molar-refractivity contribution < 1.29 is 0 Å². The number of benzene rings is 1. The fraction of sp³-hybridized carbons (Fsp3) is 0.500. The molecule has 148 valence electrons. The lowest BCUT2D eigenvalue weighted by molar-refractivity contribution is 0.397. The molecule has 0 aliphatic carbocycles. The van der Waals surface area contributed by atoms with Crippen molar-refractivity contribution in [2.24, 2.45) is 10.9 Å². The van der Waals surface area contributed by atoms with Crippen LogP contribution in [0.4, 0.5) is 0 Å². The van der Waals surface area contributed by atoms with Gasteiger partial charge >= 0.3 is 0 Å². The molecule has 1 aliphatic heterocycles. The van der Waals surface area contributed by atoms with E-state index in [0.29, 0.717) is 5.92 Å². The average molecular weight is 482 g/mol. The predicted molar refractivity (Wildman–Crippen MR) is 122 cm³/mol. The molecule has 7 heteroatoms. The van der Waals surface area contributed by atoms with Crippen LogP contribution in [0.2, 0.25) is 0 Å². The summed E-state index contributed by atoms with van der Waals surface area (Å²) in [6.07, 6.45) is 5.97. The fourth-order valence-electron chi connectivity index (χ4n) is 3.30. The third kappa shape index (κ3) is 6.80. The lowest BCUT2D eigenvalue weighted by Crippen LogP contribution is -2.38. The van der Waals surface area contributed by atoms with Crippen LogP contribution in [0.3, 0.4) is 0 Å². The number of aliphatic imine (C=N–C) groups is 1. The molecular formula is C20H31IN6. The highest BCUT2D eigenvalue weighted by molar-refractivity contribution is 14.0. The van der Waals surface area contributed by atoms with Crippen molar-refractivity contribution in [2.45, 2.75) is 19.8 Å². The predicted octanol–water partition coefficient (Wildman–Crippen LogP) is 2.54. The molecule has 6 nitrogen and oxygen atoms in total. The molecule has 1 saturated heterocycles. The Labute approximate surface area is 179 Å². The van der Waals surface area contributed by atoms with Crippen LogP contribution in [-0.2, 0) is 6.42 Å². The summed E-state index contributed by atoms with van der Waals surface area (Å²) in [6, 6.07) is 10.5. The summed E-state index contributed by atoms with van der Waals surface area (Å²) in [6.45, 7) is 7.11. The quantitative estimate of drug-likeness (QED) is 0.362. The summed E-state index contributed by atoms with van der Waals surface area (Å²) in [5.41, 5.74) is 2.39. The van der Waals surface area contributed by atoms with Crippen molar-refractivity contribution in [1.82, 2.24) is 25.3 Å². The fourth-order valence-corrected chi connectivity index (χ4v) is 3.30. The molecule has 2 aromatic rings. The van der Waals surface area contributed by atoms with Crippen LogP contribution >= 0.6 is 24.0 Å². The van der Waals surface area contributed by atoms with Crippen molar-refractivity contribution in [1.29, 1.82) is 0 Å². The van der Waals surface area contributed by atoms with E-state index in [1.807, 2.05) is 16.9 Å². The Hall–Kier alpha value is -1.61. The van der Waals surface area contributed by atoms with E-state index in [4.69, 9.17) is 4.99 Å². The first kappa shape index (κ1) is 21.7. The average Bonchev–Trinajstić information content (AvgIpc) is 3.32. The highest BCUT2D eigenvalue weighted by Crippen LogP contribution is 2.14. The summed E-state index contributed by atoms with van der Waals surface area (Å²) >= 11 is 0. The van der Waals surface area contributed by atoms with Crippen LogP contribution in [0, 0.1) is 5.92 Å². The largest absolute Gasteiger partial charge is 0.357 e. The monoisotopic (exact) mass is 482 g/mol. The molecule has 1 aliphatic rings. The van der Waals surface area contributed by atoms with E-state index in [2.05, 4.69) is 58.9 Å². The Morgan fingerprint density at radius 3 is 2.70 bits per heavy atom. The Morgan fingerprint density at radius 2 is 2.07 bits per heavy atom. The third-order valence-electron chi connectivity index (χ3n) is 4.75. The van der Waals surface area contributed by atoms with Gasteiger partial charge in [-0.15, -0.1) is 24.0 Å². The standard InChI is InChI=1S/C20H30N6.HI/c1-3-21-20(23-15-18-10-14-25(2)16-18)22-12-9-17-5-7-19(8-6-17)26-13-4-11-24-26;/h4-8,11,13,18H,3,9-10,12,14-16H2,1-2H3,(H2,21,22,23);1H. The summed E-state index contributed by atoms with van der Waals surface area (Å²) in [4.78, 5) is 7.15. The lowest BCUT2D eigenvalue weighted by Gasteiger charge is -2.13. The van der Waals surface area contributed by atoms with Gasteiger partial charge in [0.2, 0.25) is 0 Å². The zero-order valence-corrected chi connectivity index (χ0v) is 18.6. The van der Waals surface area contributed by atoms with Crippen molar-refractivity contribution in [2.75, 3.05) is 39.8 Å². The molecule has 0 spiro atoms. The smallest absolute Gasteiger partial charge is 0.191 e. The summed E-state index contributed by atoms with van der Waals surface area (Å²) in [5.74, 6) is 1.61. The van der Waals surface area contributed by atoms with Crippen LogP contribution < -0.4 is 10.6 Å². The highest BCUT2D eigenvalue weighted by atomic mass is 127. The first-order valence-electron chi connectivity index (χ1n) is 9.54. The number of aromatic nitrogens is 2. The minimum atomic E-state index is 0. The number of nitrogens with one attached hydrogen (secondary N) is 2. The number of rotatable bonds is 7. The second-order valence-electron chi connectivity index (χ2n) is 6.93. The molecule has 2 heterocycles. The molecule has 3 rings (SSSR count). The van der Waals surface area contributed by atoms with Crippen LogP contribution in [0.15, 0.2) is 47.7 Å². The normalized spacial score (nSPS) is 17.6. The first-order chi connectivity index (χ1) is 12.7. The summed E-state index contributed by atoms with van der Waals surface area (Å²) in [7, 11) is 2.19. The molecule has 1 aromatic heterocycles. The van der Waals surface area contributed by atoms with Gasteiger partial charge in [0.1, 0.15) is 0 Å². The van der Waals surface area contributed by atoms with Gasteiger partial charge in [-0.3, -0.25) is 4.99 Å². The Kier molecular flexibility index (Phi) is 9.06. The van der Waals surface area contributed by atoms with Gasteiger partial charge in [-0.2, -0.15) is 5.10 Å². The van der Waals surface area contributed by atoms with Gasteiger partial charge in [-0.25, -0.2) is 4.68 Å². The Bertz CT molecular complexity index is 683. The van der Waals surface area contributed by atoms with Gasteiger partial charge in [0.15, 0.2) is 5.96 Å². The third-order valence-corrected chi connectivity index (χ3v) is 4.75. The van der Waals surface area contributed by atoms with E-state index in [9.17, 15) is 0 Å². The zero-order valence-electron chi connectivity index (χ0n) is 16.3. The van der Waals surface area contributed by atoms with E-state index < -0.39 is 0 Å². The molecule has 0 amide bonds. The number of halogens is 1. The molecule has 0 radical (unpaired) electrons. The second-order valence-corrected chi connectivity index (χ2v) is 6.93. The summed E-state index contributed by atoms with van der Waals surface area (Å²) in [5, 5.41) is 11.1. The molecule has 1 fully saturated rings. The Morgan fingerprint density at radius 1 is 1.26 bits per heavy atom. The molecule has 0 saturated carbocycles. The number of nitrogens with zero attached hydrogens (tertiary/aromatic N) is 4. The molecule has 2 N–H and O–H groups in total. The summed E-state index contributed by atoms with van der Waals surface area (Å²) < 4.78 is 1.87. The van der Waals surface area contributed by atoms with Crippen molar-refractivity contribution >= 4 is 29.9 Å². The first-order valence-corrected chi connectivity index (χ1v) is 9.54. The maximum absolute atomic E-state index is 4.77. The SMILES string of the molecule is CCNC(=NCC1CCN(C)C1)NCCc1ccc(-n2cccn2)cc1.I. The molecule has 1 aromatic carbocycles. The second kappa shape index (κ2) is 11.3. The minimum Gasteiger partial charge on any atom is -0.357 e. The van der Waals surface area contributed by atoms with Crippen molar-refractivity contribution in [3.8, 4) is 5.69 Å². The maximum atomic E-state index is 4.77. The van der Waals surface area contributed by atoms with Gasteiger partial charge in [-0.05, 0) is 63.0 Å². The molecule has 1 unspecified atom stereocenters. The zero-order chi connectivity index (χ0) is 18.2. The van der Waals surface area contributed by atoms with Crippen LogP contribution in [0.5, 0.6) is 0 Å². The molecule has 1 atom stereocenters. The molecule has 0 bridgehead atoms. The highest BCUT2D eigenvalue weighted by Gasteiger charge is 2.18. The van der Waals surface area contributed by atoms with Gasteiger partial charge < -0.3 is 15.5 Å². The van der Waals surface area contributed by atoms with Gasteiger partial charge in [0, 0.05) is 38.6 Å². The number of hydrogen-bond acceptors (Lipinski definition) is 3. The van der Waals surface area contributed by atoms with Gasteiger partial charge in [0.25, 0.3) is 0 Å². The number of hydrogen-bond donors (Lipinski definition) is 2. The van der Waals surface area contributed by atoms with Crippen molar-refractivity contribution in [3.05, 3.63) is 48.3 Å². The van der Waals surface area contributed by atoms with E-state index >= 15 is 0 Å². The van der Waals surface area contributed by atoms with E-state index in [0.717, 1.165) is 44.2 Å². The van der Waals surface area contributed by atoms with Crippen molar-refractivity contribution in [3.63, 3.8) is 0 Å². The number of guanidine groups is 1. The van der Waals surface area contributed by atoms with E-state index in [1.165, 1.54) is 18.5 Å². The maximum Gasteiger partial charge on any atom is 0.191 e. The molecule has 27 heavy (non-hydrogen) atoms. The Balaban J connectivity index is 0.00000261. The van der Waals surface area contributed by atoms with Gasteiger partial charge in [0.05, 0.1) is 5.69 Å². The molecular weight excluding hydrogens is 451 g/mol. The lowest BCUT2D eigenvalue weighted by atomic mass is 10.1. The number of likely N-dealkylation sites (tertiary alicyclic amines) is 1.